The van der Waals surface area contributed by atoms with Crippen LogP contribution in [0, 0.1) is 0 Å². The van der Waals surface area contributed by atoms with Crippen LogP contribution in [0.3, 0.4) is 0 Å². The fraction of sp³-hybridized carbons (Fsp3) is 0.462. The molecule has 0 fully saturated rings. The molecular formula is C13H20N2O3. The summed E-state index contributed by atoms with van der Waals surface area (Å²) in [7, 11) is 0. The molecule has 0 heterocycles. The maximum Gasteiger partial charge on any atom is 0.253 e. The zero-order valence-corrected chi connectivity index (χ0v) is 10.6. The molecule has 0 aliphatic heterocycles. The highest BCUT2D eigenvalue weighted by Crippen LogP contribution is 2.14. The first kappa shape index (κ1) is 14.6. The Morgan fingerprint density at radius 3 is 2.89 bits per heavy atom. The van der Waals surface area contributed by atoms with Crippen molar-refractivity contribution in [2.45, 2.75) is 26.0 Å². The van der Waals surface area contributed by atoms with Crippen LogP contribution in [0.5, 0.6) is 0 Å². The summed E-state index contributed by atoms with van der Waals surface area (Å²) in [4.78, 5) is 11.8. The van der Waals surface area contributed by atoms with Crippen LogP contribution in [0.4, 0.5) is 5.69 Å². The molecule has 0 bridgehead atoms. The maximum atomic E-state index is 11.8. The van der Waals surface area contributed by atoms with E-state index in [2.05, 4.69) is 5.32 Å². The number of anilines is 1. The molecule has 1 amide bonds. The lowest BCUT2D eigenvalue weighted by molar-refractivity contribution is -0.126. The van der Waals surface area contributed by atoms with E-state index in [1.54, 1.807) is 13.0 Å². The molecular weight excluding hydrogens is 232 g/mol. The molecule has 0 saturated carbocycles. The Bertz CT molecular complexity index is 382. The smallest absolute Gasteiger partial charge is 0.253 e. The van der Waals surface area contributed by atoms with Crippen molar-refractivity contribution in [3.8, 4) is 0 Å². The van der Waals surface area contributed by atoms with Crippen molar-refractivity contribution in [2.75, 3.05) is 18.5 Å². The van der Waals surface area contributed by atoms with Gasteiger partial charge in [-0.3, -0.25) is 4.79 Å². The van der Waals surface area contributed by atoms with Gasteiger partial charge in [0.25, 0.3) is 5.91 Å². The molecule has 0 radical (unpaired) electrons. The van der Waals surface area contributed by atoms with Gasteiger partial charge in [0.15, 0.2) is 0 Å². The van der Waals surface area contributed by atoms with Gasteiger partial charge in [-0.15, -0.1) is 0 Å². The number of benzene rings is 1. The summed E-state index contributed by atoms with van der Waals surface area (Å²) in [5.41, 5.74) is 7.18. The molecule has 1 aromatic carbocycles. The first-order valence-corrected chi connectivity index (χ1v) is 6.00. The second-order valence-corrected chi connectivity index (χ2v) is 3.94. The first-order chi connectivity index (χ1) is 8.69. The second kappa shape index (κ2) is 7.81. The van der Waals surface area contributed by atoms with Crippen LogP contribution in [0.1, 0.15) is 18.9 Å². The van der Waals surface area contributed by atoms with Crippen LogP contribution in [0.15, 0.2) is 24.3 Å². The molecule has 100 valence electrons. The standard InChI is InChI=1S/C13H20N2O3/c1-10(18-8-4-7-16)13(17)15-12-6-3-2-5-11(12)9-14/h2-3,5-6,10,16H,4,7-9,14H2,1H3,(H,15,17). The van der Waals surface area contributed by atoms with E-state index < -0.39 is 6.10 Å². The van der Waals surface area contributed by atoms with Crippen molar-refractivity contribution in [3.63, 3.8) is 0 Å². The molecule has 0 spiro atoms. The minimum Gasteiger partial charge on any atom is -0.396 e. The number of ether oxygens (including phenoxy) is 1. The number of para-hydroxylation sites is 1. The van der Waals surface area contributed by atoms with Crippen LogP contribution in [0.25, 0.3) is 0 Å². The third-order valence-electron chi connectivity index (χ3n) is 2.53. The number of carbonyl (C=O) groups is 1. The first-order valence-electron chi connectivity index (χ1n) is 6.00. The van der Waals surface area contributed by atoms with Crippen LogP contribution >= 0.6 is 0 Å². The summed E-state index contributed by atoms with van der Waals surface area (Å²) >= 11 is 0. The Kier molecular flexibility index (Phi) is 6.35. The Balaban J connectivity index is 2.53. The topological polar surface area (TPSA) is 84.6 Å². The fourth-order valence-electron chi connectivity index (χ4n) is 1.45. The zero-order valence-electron chi connectivity index (χ0n) is 10.6. The zero-order chi connectivity index (χ0) is 13.4. The van der Waals surface area contributed by atoms with E-state index in [0.29, 0.717) is 25.3 Å². The van der Waals surface area contributed by atoms with Crippen molar-refractivity contribution in [1.29, 1.82) is 0 Å². The number of rotatable bonds is 7. The molecule has 1 rings (SSSR count). The molecule has 0 aliphatic carbocycles. The van der Waals surface area contributed by atoms with E-state index >= 15 is 0 Å². The summed E-state index contributed by atoms with van der Waals surface area (Å²) in [5, 5.41) is 11.4. The van der Waals surface area contributed by atoms with Crippen LogP contribution in [-0.2, 0) is 16.1 Å². The normalized spacial score (nSPS) is 12.2. The quantitative estimate of drug-likeness (QED) is 0.629. The highest BCUT2D eigenvalue weighted by molar-refractivity contribution is 5.94. The van der Waals surface area contributed by atoms with Crippen LogP contribution < -0.4 is 11.1 Å². The number of aliphatic hydroxyl groups is 1. The number of hydrogen-bond acceptors (Lipinski definition) is 4. The average Bonchev–Trinajstić information content (AvgIpc) is 2.39. The maximum absolute atomic E-state index is 11.8. The predicted octanol–water partition coefficient (Wildman–Crippen LogP) is 0.871. The molecule has 18 heavy (non-hydrogen) atoms. The van der Waals surface area contributed by atoms with E-state index in [4.69, 9.17) is 15.6 Å². The number of amides is 1. The van der Waals surface area contributed by atoms with Gasteiger partial charge < -0.3 is 20.9 Å². The third kappa shape index (κ3) is 4.44. The third-order valence-corrected chi connectivity index (χ3v) is 2.53. The van der Waals surface area contributed by atoms with Crippen molar-refractivity contribution in [1.82, 2.24) is 0 Å². The van der Waals surface area contributed by atoms with Crippen molar-refractivity contribution < 1.29 is 14.6 Å². The molecule has 1 aromatic rings. The van der Waals surface area contributed by atoms with Gasteiger partial charge in [0, 0.05) is 25.4 Å². The summed E-state index contributed by atoms with van der Waals surface area (Å²) in [6.07, 6.45) is -0.0285. The van der Waals surface area contributed by atoms with Gasteiger partial charge in [0.1, 0.15) is 6.10 Å². The fourth-order valence-corrected chi connectivity index (χ4v) is 1.45. The largest absolute Gasteiger partial charge is 0.396 e. The number of aliphatic hydroxyl groups excluding tert-OH is 1. The second-order valence-electron chi connectivity index (χ2n) is 3.94. The Morgan fingerprint density at radius 2 is 2.22 bits per heavy atom. The minimum absolute atomic E-state index is 0.0599. The van der Waals surface area contributed by atoms with E-state index in [1.165, 1.54) is 0 Å². The van der Waals surface area contributed by atoms with Crippen LogP contribution in [0.2, 0.25) is 0 Å². The molecule has 0 aromatic heterocycles. The molecule has 0 aliphatic rings. The van der Waals surface area contributed by atoms with Crippen molar-refractivity contribution in [2.24, 2.45) is 5.73 Å². The summed E-state index contributed by atoms with van der Waals surface area (Å²) in [5.74, 6) is -0.214. The lowest BCUT2D eigenvalue weighted by Crippen LogP contribution is -2.28. The van der Waals surface area contributed by atoms with Gasteiger partial charge >= 0.3 is 0 Å². The number of nitrogens with two attached hydrogens (primary N) is 1. The van der Waals surface area contributed by atoms with Gasteiger partial charge in [0.05, 0.1) is 0 Å². The SMILES string of the molecule is CC(OCCCO)C(=O)Nc1ccccc1CN. The highest BCUT2D eigenvalue weighted by atomic mass is 16.5. The van der Waals surface area contributed by atoms with Gasteiger partial charge in [-0.2, -0.15) is 0 Å². The van der Waals surface area contributed by atoms with Gasteiger partial charge in [0.2, 0.25) is 0 Å². The van der Waals surface area contributed by atoms with Gasteiger partial charge in [-0.05, 0) is 25.0 Å². The van der Waals surface area contributed by atoms with Crippen molar-refractivity contribution >= 4 is 11.6 Å². The Labute approximate surface area is 107 Å². The number of nitrogens with one attached hydrogen (secondary N) is 1. The Hall–Kier alpha value is -1.43. The van der Waals surface area contributed by atoms with Crippen molar-refractivity contribution in [3.05, 3.63) is 29.8 Å². The summed E-state index contributed by atoms with van der Waals surface area (Å²) < 4.78 is 5.29. The Morgan fingerprint density at radius 1 is 1.50 bits per heavy atom. The summed E-state index contributed by atoms with van der Waals surface area (Å²) in [6.45, 7) is 2.47. The number of carbonyl (C=O) groups excluding carboxylic acids is 1. The van der Waals surface area contributed by atoms with Crippen LogP contribution in [-0.4, -0.2) is 30.3 Å². The van der Waals surface area contributed by atoms with E-state index in [9.17, 15) is 4.79 Å². The molecule has 4 N–H and O–H groups in total. The lowest BCUT2D eigenvalue weighted by atomic mass is 10.1. The minimum atomic E-state index is -0.553. The number of hydrogen-bond donors (Lipinski definition) is 3. The predicted molar refractivity (Wildman–Crippen MR) is 70.1 cm³/mol. The monoisotopic (exact) mass is 252 g/mol. The lowest BCUT2D eigenvalue weighted by Gasteiger charge is -2.14. The molecule has 0 saturated heterocycles. The van der Waals surface area contributed by atoms with Gasteiger partial charge in [-0.1, -0.05) is 18.2 Å². The molecule has 5 heteroatoms. The van der Waals surface area contributed by atoms with Gasteiger partial charge in [-0.25, -0.2) is 0 Å². The molecule has 5 nitrogen and oxygen atoms in total. The average molecular weight is 252 g/mol. The molecule has 1 atom stereocenters. The van der Waals surface area contributed by atoms with E-state index in [1.807, 2.05) is 18.2 Å². The molecule has 1 unspecified atom stereocenters. The van der Waals surface area contributed by atoms with E-state index in [-0.39, 0.29) is 12.5 Å². The van der Waals surface area contributed by atoms with E-state index in [0.717, 1.165) is 5.56 Å². The summed E-state index contributed by atoms with van der Waals surface area (Å²) in [6, 6.07) is 7.39. The highest BCUT2D eigenvalue weighted by Gasteiger charge is 2.14.